The molecule has 78 valence electrons. The Bertz CT molecular complexity index is 438. The van der Waals surface area contributed by atoms with Gasteiger partial charge in [0.25, 0.3) is 0 Å². The molecule has 0 saturated carbocycles. The number of rotatable bonds is 3. The Kier molecular flexibility index (Phi) is 3.28. The highest BCUT2D eigenvalue weighted by Gasteiger charge is 2.10. The monoisotopic (exact) mass is 212 g/mol. The van der Waals surface area contributed by atoms with Crippen LogP contribution >= 0.6 is 0 Å². The topological polar surface area (TPSA) is 54.4 Å². The van der Waals surface area contributed by atoms with Crippen LogP contribution in [0.2, 0.25) is 0 Å². The minimum Gasteiger partial charge on any atom is -0.478 e. The maximum absolute atomic E-state index is 13.0. The molecular weight excluding hydrogens is 206 g/mol. The summed E-state index contributed by atoms with van der Waals surface area (Å²) in [6.07, 6.45) is 1.23. The first-order chi connectivity index (χ1) is 7.00. The number of allylic oxidation sites excluding steroid dienone is 1. The van der Waals surface area contributed by atoms with Crippen LogP contribution in [0.3, 0.4) is 0 Å². The van der Waals surface area contributed by atoms with Gasteiger partial charge in [-0.05, 0) is 24.3 Å². The summed E-state index contributed by atoms with van der Waals surface area (Å²) < 4.78 is 25.6. The van der Waals surface area contributed by atoms with E-state index in [1.54, 1.807) is 0 Å². The van der Waals surface area contributed by atoms with E-state index in [2.05, 4.69) is 0 Å². The van der Waals surface area contributed by atoms with Crippen molar-refractivity contribution in [2.24, 2.45) is 0 Å². The molecule has 3 nitrogen and oxygen atoms in total. The average molecular weight is 212 g/mol. The zero-order valence-electron chi connectivity index (χ0n) is 7.41. The standard InChI is InChI=1S/C10H6F2O3/c11-6-1-2-8(12)7(5-6)9(13)3-4-10(14)15/h1-5H,(H,14,15). The highest BCUT2D eigenvalue weighted by atomic mass is 19.1. The third-order valence-electron chi connectivity index (χ3n) is 1.57. The maximum atomic E-state index is 13.0. The number of carbonyl (C=O) groups excluding carboxylic acids is 1. The summed E-state index contributed by atoms with van der Waals surface area (Å²) in [4.78, 5) is 21.2. The molecular formula is C10H6F2O3. The zero-order valence-corrected chi connectivity index (χ0v) is 7.41. The van der Waals surface area contributed by atoms with Crippen molar-refractivity contribution in [2.75, 3.05) is 0 Å². The molecule has 15 heavy (non-hydrogen) atoms. The molecule has 1 aromatic carbocycles. The van der Waals surface area contributed by atoms with Gasteiger partial charge >= 0.3 is 5.97 Å². The van der Waals surface area contributed by atoms with Crippen LogP contribution < -0.4 is 0 Å². The third kappa shape index (κ3) is 2.98. The Hall–Kier alpha value is -2.04. The number of carboxylic acids is 1. The summed E-state index contributed by atoms with van der Waals surface area (Å²) in [6, 6.07) is 2.38. The fourth-order valence-corrected chi connectivity index (χ4v) is 0.923. The molecule has 0 aliphatic heterocycles. The van der Waals surface area contributed by atoms with Gasteiger partial charge in [-0.3, -0.25) is 4.79 Å². The summed E-state index contributed by atoms with van der Waals surface area (Å²) in [5.74, 6) is -3.88. The van der Waals surface area contributed by atoms with E-state index in [-0.39, 0.29) is 0 Å². The van der Waals surface area contributed by atoms with Crippen molar-refractivity contribution in [1.82, 2.24) is 0 Å². The molecule has 0 aromatic heterocycles. The van der Waals surface area contributed by atoms with Crippen LogP contribution in [0, 0.1) is 11.6 Å². The van der Waals surface area contributed by atoms with Gasteiger partial charge in [0.05, 0.1) is 5.56 Å². The summed E-state index contributed by atoms with van der Waals surface area (Å²) in [7, 11) is 0. The van der Waals surface area contributed by atoms with Gasteiger partial charge < -0.3 is 5.11 Å². The average Bonchev–Trinajstić information content (AvgIpc) is 2.18. The lowest BCUT2D eigenvalue weighted by Crippen LogP contribution is -2.00. The molecule has 1 rings (SSSR count). The predicted molar refractivity (Wildman–Crippen MR) is 47.5 cm³/mol. The Morgan fingerprint density at radius 3 is 2.47 bits per heavy atom. The highest BCUT2D eigenvalue weighted by Crippen LogP contribution is 2.10. The molecule has 0 amide bonds. The van der Waals surface area contributed by atoms with Gasteiger partial charge in [-0.1, -0.05) is 0 Å². The SMILES string of the molecule is O=C(O)C=CC(=O)c1cc(F)ccc1F. The number of halogens is 2. The Labute approximate surface area is 83.6 Å². The van der Waals surface area contributed by atoms with Gasteiger partial charge in [0, 0.05) is 6.08 Å². The van der Waals surface area contributed by atoms with Crippen LogP contribution in [0.15, 0.2) is 30.4 Å². The van der Waals surface area contributed by atoms with Crippen molar-refractivity contribution >= 4 is 11.8 Å². The zero-order chi connectivity index (χ0) is 11.4. The molecule has 1 aromatic rings. The van der Waals surface area contributed by atoms with Gasteiger partial charge in [0.15, 0.2) is 5.78 Å². The summed E-state index contributed by atoms with van der Waals surface area (Å²) in [6.45, 7) is 0. The number of carbonyl (C=O) groups is 2. The number of hydrogen-bond acceptors (Lipinski definition) is 2. The fourth-order valence-electron chi connectivity index (χ4n) is 0.923. The van der Waals surface area contributed by atoms with E-state index in [4.69, 9.17) is 5.11 Å². The Morgan fingerprint density at radius 2 is 1.87 bits per heavy atom. The maximum Gasteiger partial charge on any atom is 0.328 e. The number of hydrogen-bond donors (Lipinski definition) is 1. The molecule has 0 aliphatic carbocycles. The Balaban J connectivity index is 3.01. The quantitative estimate of drug-likeness (QED) is 0.613. The van der Waals surface area contributed by atoms with Crippen molar-refractivity contribution < 1.29 is 23.5 Å². The lowest BCUT2D eigenvalue weighted by atomic mass is 10.1. The highest BCUT2D eigenvalue weighted by molar-refractivity contribution is 6.06. The molecule has 0 bridgehead atoms. The van der Waals surface area contributed by atoms with Crippen LogP contribution in [0.5, 0.6) is 0 Å². The molecule has 0 atom stereocenters. The lowest BCUT2D eigenvalue weighted by Gasteiger charge is -1.97. The third-order valence-corrected chi connectivity index (χ3v) is 1.57. The molecule has 0 saturated heterocycles. The van der Waals surface area contributed by atoms with E-state index in [1.807, 2.05) is 0 Å². The molecule has 0 unspecified atom stereocenters. The van der Waals surface area contributed by atoms with E-state index < -0.39 is 29.0 Å². The van der Waals surface area contributed by atoms with Crippen LogP contribution in [-0.2, 0) is 4.79 Å². The number of ketones is 1. The summed E-state index contributed by atoms with van der Waals surface area (Å²) >= 11 is 0. The largest absolute Gasteiger partial charge is 0.478 e. The second kappa shape index (κ2) is 4.45. The molecule has 0 aliphatic rings. The van der Waals surface area contributed by atoms with Gasteiger partial charge in [-0.15, -0.1) is 0 Å². The lowest BCUT2D eigenvalue weighted by molar-refractivity contribution is -0.131. The first-order valence-corrected chi connectivity index (χ1v) is 3.91. The molecule has 0 heterocycles. The molecule has 5 heteroatoms. The second-order valence-electron chi connectivity index (χ2n) is 2.66. The smallest absolute Gasteiger partial charge is 0.328 e. The van der Waals surface area contributed by atoms with Crippen LogP contribution in [0.4, 0.5) is 8.78 Å². The molecule has 0 radical (unpaired) electrons. The minimum atomic E-state index is -1.33. The van der Waals surface area contributed by atoms with Crippen molar-refractivity contribution in [2.45, 2.75) is 0 Å². The van der Waals surface area contributed by atoms with Crippen molar-refractivity contribution in [3.8, 4) is 0 Å². The normalized spacial score (nSPS) is 10.5. The predicted octanol–water partition coefficient (Wildman–Crippen LogP) is 1.79. The van der Waals surface area contributed by atoms with E-state index in [9.17, 15) is 18.4 Å². The fraction of sp³-hybridized carbons (Fsp3) is 0. The number of carboxylic acid groups (broad SMARTS) is 1. The van der Waals surface area contributed by atoms with Crippen molar-refractivity contribution in [1.29, 1.82) is 0 Å². The van der Waals surface area contributed by atoms with E-state index in [1.165, 1.54) is 0 Å². The van der Waals surface area contributed by atoms with Crippen LogP contribution in [0.25, 0.3) is 0 Å². The van der Waals surface area contributed by atoms with Crippen LogP contribution in [-0.4, -0.2) is 16.9 Å². The second-order valence-corrected chi connectivity index (χ2v) is 2.66. The van der Waals surface area contributed by atoms with Crippen LogP contribution in [0.1, 0.15) is 10.4 Å². The Morgan fingerprint density at radius 1 is 1.20 bits per heavy atom. The summed E-state index contributed by atoms with van der Waals surface area (Å²) in [5, 5.41) is 8.23. The van der Waals surface area contributed by atoms with Crippen molar-refractivity contribution in [3.05, 3.63) is 47.5 Å². The van der Waals surface area contributed by atoms with Gasteiger partial charge in [-0.25, -0.2) is 13.6 Å². The van der Waals surface area contributed by atoms with E-state index in [0.717, 1.165) is 12.1 Å². The molecule has 0 spiro atoms. The van der Waals surface area contributed by atoms with E-state index >= 15 is 0 Å². The van der Waals surface area contributed by atoms with Gasteiger partial charge in [-0.2, -0.15) is 0 Å². The first kappa shape index (κ1) is 11.0. The minimum absolute atomic E-state index is 0.493. The first-order valence-electron chi connectivity index (χ1n) is 3.91. The summed E-state index contributed by atoms with van der Waals surface area (Å²) in [5.41, 5.74) is -0.493. The molecule has 0 fully saturated rings. The number of benzene rings is 1. The van der Waals surface area contributed by atoms with Crippen molar-refractivity contribution in [3.63, 3.8) is 0 Å². The van der Waals surface area contributed by atoms with Gasteiger partial charge in [0.1, 0.15) is 11.6 Å². The molecule has 1 N–H and O–H groups in total. The van der Waals surface area contributed by atoms with E-state index in [0.29, 0.717) is 18.2 Å². The number of aliphatic carboxylic acids is 1. The van der Waals surface area contributed by atoms with Gasteiger partial charge in [0.2, 0.25) is 0 Å².